The highest BCUT2D eigenvalue weighted by Crippen LogP contribution is 2.32. The van der Waals surface area contributed by atoms with Crippen LogP contribution in [0, 0.1) is 24.3 Å². The van der Waals surface area contributed by atoms with E-state index in [2.05, 4.69) is 56.2 Å². The van der Waals surface area contributed by atoms with Gasteiger partial charge in [-0.05, 0) is 107 Å². The molecule has 0 N–H and O–H groups in total. The summed E-state index contributed by atoms with van der Waals surface area (Å²) < 4.78 is 28.8. The van der Waals surface area contributed by atoms with E-state index in [1.807, 2.05) is 30.3 Å². The van der Waals surface area contributed by atoms with Crippen LogP contribution in [0.5, 0.6) is 5.75 Å². The Morgan fingerprint density at radius 2 is 1.86 bits per heavy atom. The third kappa shape index (κ3) is 6.06. The lowest BCUT2D eigenvalue weighted by molar-refractivity contribution is -0.139. The van der Waals surface area contributed by atoms with Crippen molar-refractivity contribution in [3.63, 3.8) is 0 Å². The molecular weight excluding hydrogens is 783 g/mol. The second kappa shape index (κ2) is 12.9. The van der Waals surface area contributed by atoms with Crippen LogP contribution in [0.1, 0.15) is 42.1 Å². The number of esters is 1. The van der Waals surface area contributed by atoms with Gasteiger partial charge in [-0.3, -0.25) is 9.36 Å². The Morgan fingerprint density at radius 3 is 2.52 bits per heavy atom. The van der Waals surface area contributed by atoms with Gasteiger partial charge in [0, 0.05) is 5.56 Å². The molecule has 1 aliphatic rings. The Kier molecular flexibility index (Phi) is 9.24. The number of thiazole rings is 1. The van der Waals surface area contributed by atoms with Crippen molar-refractivity contribution in [2.24, 2.45) is 4.99 Å². The monoisotopic (exact) mass is 805 g/mol. The predicted octanol–water partition coefficient (Wildman–Crippen LogP) is 5.60. The first-order valence-corrected chi connectivity index (χ1v) is 15.7. The van der Waals surface area contributed by atoms with Gasteiger partial charge in [-0.1, -0.05) is 41.7 Å². The molecule has 0 saturated heterocycles. The summed E-state index contributed by atoms with van der Waals surface area (Å²) in [5.74, 6) is -0.302. The fourth-order valence-electron chi connectivity index (χ4n) is 4.61. The molecule has 0 fully saturated rings. The third-order valence-corrected chi connectivity index (χ3v) is 9.12. The minimum atomic E-state index is -0.810. The number of hydrogen-bond donors (Lipinski definition) is 0. The van der Waals surface area contributed by atoms with Crippen LogP contribution in [0.3, 0.4) is 0 Å². The minimum absolute atomic E-state index is 0.165. The summed E-state index contributed by atoms with van der Waals surface area (Å²) in [6, 6.07) is 18.2. The molecule has 2 heterocycles. The molecule has 11 heteroatoms. The van der Waals surface area contributed by atoms with Gasteiger partial charge in [-0.2, -0.15) is 5.26 Å². The highest BCUT2D eigenvalue weighted by molar-refractivity contribution is 14.1. The Balaban J connectivity index is 1.55. The standard InChI is InChI=1S/C31H22FI2N3O4S/c1-3-40-30(39)26-17(2)36-31-37(27(26)19-8-10-22(32)11-9-19)29(38)25(42-31)14-18-12-23(33)28(24(34)13-18)41-16-21-7-5-4-6-20(21)15-35/h4-14,27H,3,16H2,1-2H3/b25-14-/t27-/m1/s1. The lowest BCUT2D eigenvalue weighted by Crippen LogP contribution is -2.39. The van der Waals surface area contributed by atoms with E-state index in [9.17, 15) is 19.2 Å². The van der Waals surface area contributed by atoms with E-state index in [-0.39, 0.29) is 24.3 Å². The number of halogens is 3. The van der Waals surface area contributed by atoms with E-state index in [1.165, 1.54) is 28.0 Å². The quantitative estimate of drug-likeness (QED) is 0.179. The van der Waals surface area contributed by atoms with E-state index in [4.69, 9.17) is 9.47 Å². The number of fused-ring (bicyclic) bond motifs is 1. The van der Waals surface area contributed by atoms with Crippen LogP contribution in [-0.4, -0.2) is 17.1 Å². The summed E-state index contributed by atoms with van der Waals surface area (Å²) in [7, 11) is 0. The highest BCUT2D eigenvalue weighted by Gasteiger charge is 2.33. The largest absolute Gasteiger partial charge is 0.487 e. The molecule has 7 nitrogen and oxygen atoms in total. The number of carbonyl (C=O) groups excluding carboxylic acids is 1. The second-order valence-electron chi connectivity index (χ2n) is 9.23. The van der Waals surface area contributed by atoms with Crippen molar-refractivity contribution >= 4 is 68.6 Å². The van der Waals surface area contributed by atoms with Crippen LogP contribution in [0.4, 0.5) is 4.39 Å². The fourth-order valence-corrected chi connectivity index (χ4v) is 7.78. The zero-order valence-corrected chi connectivity index (χ0v) is 27.5. The summed E-state index contributed by atoms with van der Waals surface area (Å²) in [5.41, 5.74) is 3.09. The van der Waals surface area contributed by atoms with Crippen molar-refractivity contribution in [3.8, 4) is 11.8 Å². The molecule has 0 saturated carbocycles. The molecule has 5 rings (SSSR count). The van der Waals surface area contributed by atoms with Crippen LogP contribution >= 0.6 is 56.5 Å². The highest BCUT2D eigenvalue weighted by atomic mass is 127. The van der Waals surface area contributed by atoms with E-state index >= 15 is 0 Å². The summed E-state index contributed by atoms with van der Waals surface area (Å²) in [4.78, 5) is 31.9. The Morgan fingerprint density at radius 1 is 1.17 bits per heavy atom. The maximum absolute atomic E-state index is 13.8. The van der Waals surface area contributed by atoms with Gasteiger partial charge >= 0.3 is 5.97 Å². The maximum atomic E-state index is 13.8. The first-order chi connectivity index (χ1) is 20.2. The van der Waals surface area contributed by atoms with E-state index in [1.54, 1.807) is 38.1 Å². The molecule has 0 aliphatic carbocycles. The van der Waals surface area contributed by atoms with Crippen LogP contribution in [-0.2, 0) is 16.1 Å². The average Bonchev–Trinajstić information content (AvgIpc) is 3.26. The topological polar surface area (TPSA) is 93.7 Å². The van der Waals surface area contributed by atoms with Crippen molar-refractivity contribution < 1.29 is 18.7 Å². The number of hydrogen-bond acceptors (Lipinski definition) is 7. The molecule has 3 aromatic carbocycles. The van der Waals surface area contributed by atoms with Crippen LogP contribution in [0.25, 0.3) is 6.08 Å². The lowest BCUT2D eigenvalue weighted by Gasteiger charge is -2.24. The van der Waals surface area contributed by atoms with Crippen molar-refractivity contribution in [2.45, 2.75) is 26.5 Å². The number of ether oxygens (including phenoxy) is 2. The van der Waals surface area contributed by atoms with Crippen LogP contribution < -0.4 is 19.6 Å². The van der Waals surface area contributed by atoms with Gasteiger partial charge in [0.05, 0.1) is 47.2 Å². The third-order valence-electron chi connectivity index (χ3n) is 6.53. The fraction of sp³-hybridized carbons (Fsp3) is 0.161. The Hall–Kier alpha value is -3.35. The van der Waals surface area contributed by atoms with Crippen LogP contribution in [0.15, 0.2) is 81.7 Å². The number of rotatable bonds is 7. The normalized spacial score (nSPS) is 14.7. The van der Waals surface area contributed by atoms with E-state index in [0.29, 0.717) is 31.9 Å². The van der Waals surface area contributed by atoms with Crippen molar-refractivity contribution in [3.05, 3.63) is 127 Å². The molecular formula is C31H22FI2N3O4S. The summed E-state index contributed by atoms with van der Waals surface area (Å²) >= 11 is 5.60. The summed E-state index contributed by atoms with van der Waals surface area (Å²) in [6.07, 6.45) is 1.79. The Labute approximate surface area is 271 Å². The van der Waals surface area contributed by atoms with Gasteiger partial charge in [-0.15, -0.1) is 0 Å². The van der Waals surface area contributed by atoms with Gasteiger partial charge in [0.25, 0.3) is 5.56 Å². The van der Waals surface area contributed by atoms with Gasteiger partial charge in [0.1, 0.15) is 18.2 Å². The first kappa shape index (κ1) is 30.1. The number of allylic oxidation sites excluding steroid dienone is 1. The number of benzene rings is 3. The molecule has 0 unspecified atom stereocenters. The number of nitriles is 1. The number of aromatic nitrogens is 1. The maximum Gasteiger partial charge on any atom is 0.338 e. The zero-order valence-electron chi connectivity index (χ0n) is 22.4. The molecule has 4 aromatic rings. The van der Waals surface area contributed by atoms with Gasteiger partial charge in [0.15, 0.2) is 4.80 Å². The van der Waals surface area contributed by atoms with E-state index in [0.717, 1.165) is 18.3 Å². The SMILES string of the molecule is CCOC(=O)C1=C(C)N=c2s/c(=C\c3cc(I)c(OCc4ccccc4C#N)c(I)c3)c(=O)n2[C@@H]1c1ccc(F)cc1. The molecule has 0 radical (unpaired) electrons. The minimum Gasteiger partial charge on any atom is -0.487 e. The first-order valence-electron chi connectivity index (χ1n) is 12.8. The molecule has 212 valence electrons. The molecule has 1 aromatic heterocycles. The van der Waals surface area contributed by atoms with Crippen molar-refractivity contribution in [1.29, 1.82) is 5.26 Å². The smallest absolute Gasteiger partial charge is 0.338 e. The average molecular weight is 805 g/mol. The number of nitrogens with zero attached hydrogens (tertiary/aromatic N) is 3. The molecule has 0 spiro atoms. The van der Waals surface area contributed by atoms with Crippen molar-refractivity contribution in [1.82, 2.24) is 4.57 Å². The molecule has 0 amide bonds. The molecule has 1 atom stereocenters. The lowest BCUT2D eigenvalue weighted by atomic mass is 9.96. The second-order valence-corrected chi connectivity index (χ2v) is 12.6. The molecule has 0 bridgehead atoms. The van der Waals surface area contributed by atoms with E-state index < -0.39 is 17.8 Å². The van der Waals surface area contributed by atoms with Crippen LogP contribution in [0.2, 0.25) is 0 Å². The summed E-state index contributed by atoms with van der Waals surface area (Å²) in [5, 5.41) is 9.37. The van der Waals surface area contributed by atoms with Gasteiger partial charge in [0.2, 0.25) is 0 Å². The van der Waals surface area contributed by atoms with Crippen molar-refractivity contribution in [2.75, 3.05) is 6.61 Å². The predicted molar refractivity (Wildman–Crippen MR) is 174 cm³/mol. The Bertz CT molecular complexity index is 1940. The molecule has 42 heavy (non-hydrogen) atoms. The zero-order chi connectivity index (χ0) is 30.0. The molecule has 1 aliphatic heterocycles. The van der Waals surface area contributed by atoms with Gasteiger partial charge in [-0.25, -0.2) is 14.2 Å². The van der Waals surface area contributed by atoms with Gasteiger partial charge < -0.3 is 9.47 Å². The number of carbonyl (C=O) groups is 1. The summed E-state index contributed by atoms with van der Waals surface area (Å²) in [6.45, 7) is 3.83.